The van der Waals surface area contributed by atoms with Crippen molar-refractivity contribution in [1.82, 2.24) is 0 Å². The first-order chi connectivity index (χ1) is 13.2. The maximum Gasteiger partial charge on any atom is 0.491 e. The first kappa shape index (κ1) is 17.8. The van der Waals surface area contributed by atoms with Crippen molar-refractivity contribution < 1.29 is 19.2 Å². The van der Waals surface area contributed by atoms with E-state index in [-0.39, 0.29) is 5.97 Å². The summed E-state index contributed by atoms with van der Waals surface area (Å²) in [5.41, 5.74) is 3.32. The fourth-order valence-electron chi connectivity index (χ4n) is 3.42. The van der Waals surface area contributed by atoms with Crippen LogP contribution in [0.5, 0.6) is 0 Å². The van der Waals surface area contributed by atoms with Gasteiger partial charge in [-0.3, -0.25) is 0 Å². The molecule has 3 aromatic carbocycles. The lowest BCUT2D eigenvalue weighted by atomic mass is 9.79. The van der Waals surface area contributed by atoms with Crippen LogP contribution in [-0.4, -0.2) is 24.7 Å². The van der Waals surface area contributed by atoms with E-state index in [1.807, 2.05) is 12.1 Å². The molecular formula is C22H21BO4. The number of carbonyl (C=O) groups is 1. The van der Waals surface area contributed by atoms with Gasteiger partial charge in [-0.15, -0.1) is 0 Å². The Morgan fingerprint density at radius 1 is 1.04 bits per heavy atom. The lowest BCUT2D eigenvalue weighted by Gasteiger charge is -2.07. The van der Waals surface area contributed by atoms with Crippen LogP contribution in [0.15, 0.2) is 60.7 Å². The van der Waals surface area contributed by atoms with Crippen LogP contribution >= 0.6 is 0 Å². The summed E-state index contributed by atoms with van der Waals surface area (Å²) in [7, 11) is -0.949. The predicted octanol–water partition coefficient (Wildman–Crippen LogP) is 3.24. The molecule has 5 heteroatoms. The molecule has 1 N–H and O–H groups in total. The maximum atomic E-state index is 12.2. The molecule has 0 atom stereocenters. The van der Waals surface area contributed by atoms with E-state index >= 15 is 0 Å². The van der Waals surface area contributed by atoms with E-state index in [0.717, 1.165) is 24.8 Å². The van der Waals surface area contributed by atoms with Crippen LogP contribution < -0.4 is 5.46 Å². The third kappa shape index (κ3) is 4.05. The van der Waals surface area contributed by atoms with Gasteiger partial charge in [-0.25, -0.2) is 4.79 Å². The number of hydrogen-bond acceptors (Lipinski definition) is 4. The monoisotopic (exact) mass is 360 g/mol. The summed E-state index contributed by atoms with van der Waals surface area (Å²) in [5, 5.41) is 12.2. The molecule has 0 radical (unpaired) electrons. The smallest absolute Gasteiger partial charge is 0.462 e. The minimum absolute atomic E-state index is 0.359. The van der Waals surface area contributed by atoms with Gasteiger partial charge in [0.15, 0.2) is 0 Å². The average Bonchev–Trinajstić information content (AvgIpc) is 3.08. The first-order valence-electron chi connectivity index (χ1n) is 9.28. The van der Waals surface area contributed by atoms with Crippen molar-refractivity contribution in [3.63, 3.8) is 0 Å². The van der Waals surface area contributed by atoms with Gasteiger partial charge in [0.1, 0.15) is 0 Å². The van der Waals surface area contributed by atoms with E-state index < -0.39 is 7.12 Å². The number of unbranched alkanes of at least 4 members (excludes halogenated alkanes) is 1. The number of esters is 1. The molecule has 4 rings (SSSR count). The second kappa shape index (κ2) is 7.95. The van der Waals surface area contributed by atoms with Crippen LogP contribution in [0.4, 0.5) is 0 Å². The highest BCUT2D eigenvalue weighted by Crippen LogP contribution is 2.17. The van der Waals surface area contributed by atoms with Gasteiger partial charge in [-0.2, -0.15) is 0 Å². The predicted molar refractivity (Wildman–Crippen MR) is 106 cm³/mol. The molecule has 0 saturated heterocycles. The molecule has 0 aliphatic carbocycles. The van der Waals surface area contributed by atoms with Crippen molar-refractivity contribution in [3.8, 4) is 0 Å². The van der Waals surface area contributed by atoms with E-state index in [0.29, 0.717) is 24.2 Å². The molecule has 0 bridgehead atoms. The van der Waals surface area contributed by atoms with Crippen molar-refractivity contribution in [2.45, 2.75) is 25.9 Å². The number of rotatable bonds is 6. The summed E-state index contributed by atoms with van der Waals surface area (Å²) in [5.74, 6) is -0.359. The summed E-state index contributed by atoms with van der Waals surface area (Å²) < 4.78 is 10.5. The Hall–Kier alpha value is -2.63. The van der Waals surface area contributed by atoms with Crippen LogP contribution in [0.2, 0.25) is 0 Å². The molecule has 27 heavy (non-hydrogen) atoms. The number of carbonyl (C=O) groups excluding carboxylic acids is 1. The van der Waals surface area contributed by atoms with Crippen LogP contribution in [-0.2, 0) is 22.4 Å². The lowest BCUT2D eigenvalue weighted by molar-refractivity contribution is 0.0498. The third-order valence-electron chi connectivity index (χ3n) is 4.95. The molecule has 1 aliphatic heterocycles. The van der Waals surface area contributed by atoms with Crippen molar-refractivity contribution in [2.24, 2.45) is 0 Å². The molecule has 0 fully saturated rings. The zero-order valence-corrected chi connectivity index (χ0v) is 15.1. The SMILES string of the molecule is O=C(OCCCCc1ccc2ccccc2c1)c1ccc2c(c1)B(O)OC2. The van der Waals surface area contributed by atoms with Gasteiger partial charge in [0.2, 0.25) is 0 Å². The van der Waals surface area contributed by atoms with Crippen LogP contribution in [0, 0.1) is 0 Å². The van der Waals surface area contributed by atoms with Gasteiger partial charge in [-0.1, -0.05) is 48.5 Å². The Morgan fingerprint density at radius 2 is 1.89 bits per heavy atom. The molecule has 0 unspecified atom stereocenters. The Morgan fingerprint density at radius 3 is 2.78 bits per heavy atom. The topological polar surface area (TPSA) is 55.8 Å². The Labute approximate surface area is 158 Å². The highest BCUT2D eigenvalue weighted by molar-refractivity contribution is 6.61. The van der Waals surface area contributed by atoms with Crippen LogP contribution in [0.3, 0.4) is 0 Å². The fraction of sp³-hybridized carbons (Fsp3) is 0.227. The lowest BCUT2D eigenvalue weighted by Crippen LogP contribution is -2.28. The van der Waals surface area contributed by atoms with Gasteiger partial charge in [0.05, 0.1) is 18.8 Å². The number of fused-ring (bicyclic) bond motifs is 2. The van der Waals surface area contributed by atoms with Crippen LogP contribution in [0.1, 0.15) is 34.3 Å². The standard InChI is InChI=1S/C22H21BO4/c24-22(19-10-11-20-15-27-23(25)21(20)14-19)26-12-4-3-5-16-8-9-17-6-1-2-7-18(17)13-16/h1-2,6-11,13-14,25H,3-5,12,15H2. The van der Waals surface area contributed by atoms with Crippen molar-refractivity contribution in [1.29, 1.82) is 0 Å². The molecule has 0 aromatic heterocycles. The Balaban J connectivity index is 1.25. The van der Waals surface area contributed by atoms with Crippen molar-refractivity contribution >= 4 is 29.3 Å². The molecule has 4 nitrogen and oxygen atoms in total. The number of hydrogen-bond donors (Lipinski definition) is 1. The van der Waals surface area contributed by atoms with Gasteiger partial charge in [0, 0.05) is 0 Å². The summed E-state index contributed by atoms with van der Waals surface area (Å²) in [6.07, 6.45) is 2.74. The van der Waals surface area contributed by atoms with E-state index in [1.165, 1.54) is 16.3 Å². The molecular weight excluding hydrogens is 339 g/mol. The van der Waals surface area contributed by atoms with E-state index in [4.69, 9.17) is 9.39 Å². The van der Waals surface area contributed by atoms with E-state index in [9.17, 15) is 9.82 Å². The third-order valence-corrected chi connectivity index (χ3v) is 4.95. The summed E-state index contributed by atoms with van der Waals surface area (Å²) in [6.45, 7) is 0.767. The van der Waals surface area contributed by atoms with Gasteiger partial charge in [-0.05, 0) is 58.8 Å². The largest absolute Gasteiger partial charge is 0.491 e. The molecule has 136 valence electrons. The van der Waals surface area contributed by atoms with Gasteiger partial charge >= 0.3 is 13.1 Å². The maximum absolute atomic E-state index is 12.2. The Kier molecular flexibility index (Phi) is 5.23. The molecule has 0 amide bonds. The van der Waals surface area contributed by atoms with E-state index in [1.54, 1.807) is 12.1 Å². The minimum atomic E-state index is -0.949. The second-order valence-electron chi connectivity index (χ2n) is 6.85. The second-order valence-corrected chi connectivity index (χ2v) is 6.85. The molecule has 1 heterocycles. The number of aryl methyl sites for hydroxylation is 1. The van der Waals surface area contributed by atoms with Crippen molar-refractivity contribution in [3.05, 3.63) is 77.4 Å². The zero-order valence-electron chi connectivity index (χ0n) is 15.1. The first-order valence-corrected chi connectivity index (χ1v) is 9.28. The highest BCUT2D eigenvalue weighted by atomic mass is 16.5. The highest BCUT2D eigenvalue weighted by Gasteiger charge is 2.28. The zero-order chi connectivity index (χ0) is 18.6. The Bertz CT molecular complexity index is 969. The number of ether oxygens (including phenoxy) is 1. The summed E-state index contributed by atoms with van der Waals surface area (Å²) >= 11 is 0. The molecule has 3 aromatic rings. The van der Waals surface area contributed by atoms with Gasteiger partial charge in [0.25, 0.3) is 0 Å². The molecule has 0 spiro atoms. The normalized spacial score (nSPS) is 13.0. The number of benzene rings is 3. The summed E-state index contributed by atoms with van der Waals surface area (Å²) in [6, 6.07) is 20.1. The van der Waals surface area contributed by atoms with Crippen molar-refractivity contribution in [2.75, 3.05) is 6.61 Å². The molecule has 1 aliphatic rings. The fourth-order valence-corrected chi connectivity index (χ4v) is 3.42. The quantitative estimate of drug-likeness (QED) is 0.417. The summed E-state index contributed by atoms with van der Waals surface area (Å²) in [4.78, 5) is 12.2. The minimum Gasteiger partial charge on any atom is -0.462 e. The van der Waals surface area contributed by atoms with E-state index in [2.05, 4.69) is 36.4 Å². The van der Waals surface area contributed by atoms with Crippen LogP contribution in [0.25, 0.3) is 10.8 Å². The molecule has 0 saturated carbocycles. The average molecular weight is 360 g/mol. The van der Waals surface area contributed by atoms with Gasteiger partial charge < -0.3 is 14.4 Å².